The van der Waals surface area contributed by atoms with Crippen molar-refractivity contribution in [3.05, 3.63) is 93.7 Å². The zero-order valence-corrected chi connectivity index (χ0v) is 16.2. The van der Waals surface area contributed by atoms with Gasteiger partial charge in [0, 0.05) is 18.5 Å². The predicted molar refractivity (Wildman–Crippen MR) is 108 cm³/mol. The van der Waals surface area contributed by atoms with Crippen molar-refractivity contribution >= 4 is 23.0 Å². The summed E-state index contributed by atoms with van der Waals surface area (Å²) in [6.07, 6.45) is 0.127. The Morgan fingerprint density at radius 3 is 2.62 bits per heavy atom. The van der Waals surface area contributed by atoms with Crippen LogP contribution in [0.25, 0.3) is 0 Å². The van der Waals surface area contributed by atoms with Gasteiger partial charge in [0.05, 0.1) is 17.1 Å². The lowest BCUT2D eigenvalue weighted by molar-refractivity contribution is 0.0406. The second kappa shape index (κ2) is 8.53. The van der Waals surface area contributed by atoms with E-state index in [1.807, 2.05) is 5.38 Å². The van der Waals surface area contributed by atoms with Gasteiger partial charge < -0.3 is 9.74 Å². The van der Waals surface area contributed by atoms with Gasteiger partial charge in [-0.2, -0.15) is 0 Å². The highest BCUT2D eigenvalue weighted by molar-refractivity contribution is 7.12. The summed E-state index contributed by atoms with van der Waals surface area (Å²) in [5.74, 6) is -0.850. The largest absolute Gasteiger partial charge is 0.390 e. The summed E-state index contributed by atoms with van der Waals surface area (Å²) in [6, 6.07) is 16.0. The number of nitrogens with zero attached hydrogens (tertiary/aromatic N) is 2. The van der Waals surface area contributed by atoms with Crippen LogP contribution in [0.15, 0.2) is 71.2 Å². The van der Waals surface area contributed by atoms with Gasteiger partial charge in [-0.1, -0.05) is 41.6 Å². The molecule has 148 valence electrons. The Hall–Kier alpha value is -3.06. The second-order valence-electron chi connectivity index (χ2n) is 6.73. The van der Waals surface area contributed by atoms with E-state index in [9.17, 15) is 13.6 Å². The van der Waals surface area contributed by atoms with E-state index in [0.717, 1.165) is 5.56 Å². The fourth-order valence-electron chi connectivity index (χ4n) is 3.19. The third-order valence-corrected chi connectivity index (χ3v) is 5.53. The van der Waals surface area contributed by atoms with Crippen molar-refractivity contribution in [2.45, 2.75) is 19.1 Å². The fraction of sp³-hybridized carbons (Fsp3) is 0.182. The van der Waals surface area contributed by atoms with Crippen molar-refractivity contribution in [2.75, 3.05) is 6.54 Å². The summed E-state index contributed by atoms with van der Waals surface area (Å²) in [6.45, 7) is 0.397. The highest BCUT2D eigenvalue weighted by Crippen LogP contribution is 2.22. The average molecular weight is 412 g/mol. The summed E-state index contributed by atoms with van der Waals surface area (Å²) >= 11 is 1.34. The zero-order chi connectivity index (χ0) is 20.2. The van der Waals surface area contributed by atoms with Crippen molar-refractivity contribution in [1.82, 2.24) is 4.90 Å². The number of hydrogen-bond acceptors (Lipinski definition) is 4. The Morgan fingerprint density at radius 2 is 1.90 bits per heavy atom. The summed E-state index contributed by atoms with van der Waals surface area (Å²) in [4.78, 5) is 20.7. The number of hydrogen-bond donors (Lipinski definition) is 0. The van der Waals surface area contributed by atoms with Crippen molar-refractivity contribution in [3.8, 4) is 0 Å². The third kappa shape index (κ3) is 4.51. The molecule has 0 spiro atoms. The number of benzene rings is 2. The maximum absolute atomic E-state index is 14.2. The normalized spacial score (nSPS) is 15.7. The molecular weight excluding hydrogens is 394 g/mol. The Kier molecular flexibility index (Phi) is 5.67. The molecule has 0 N–H and O–H groups in total. The van der Waals surface area contributed by atoms with Crippen LogP contribution in [0.4, 0.5) is 8.78 Å². The van der Waals surface area contributed by atoms with E-state index in [-0.39, 0.29) is 36.7 Å². The molecule has 4 nitrogen and oxygen atoms in total. The fourth-order valence-corrected chi connectivity index (χ4v) is 3.88. The van der Waals surface area contributed by atoms with Gasteiger partial charge in [-0.3, -0.25) is 4.79 Å². The summed E-state index contributed by atoms with van der Waals surface area (Å²) in [5, 5.41) is 5.93. The first kappa shape index (κ1) is 19.3. The van der Waals surface area contributed by atoms with Crippen molar-refractivity contribution in [3.63, 3.8) is 0 Å². The molecule has 3 aromatic rings. The molecule has 0 bridgehead atoms. The van der Waals surface area contributed by atoms with Gasteiger partial charge in [0.2, 0.25) is 0 Å². The van der Waals surface area contributed by atoms with E-state index < -0.39 is 0 Å². The average Bonchev–Trinajstić information content (AvgIpc) is 3.41. The minimum absolute atomic E-state index is 0.134. The Labute approximate surface area is 171 Å². The molecule has 2 heterocycles. The quantitative estimate of drug-likeness (QED) is 0.580. The van der Waals surface area contributed by atoms with Gasteiger partial charge in [0.25, 0.3) is 5.91 Å². The lowest BCUT2D eigenvalue weighted by Crippen LogP contribution is -2.37. The number of thiophene rings is 1. The zero-order valence-electron chi connectivity index (χ0n) is 15.4. The van der Waals surface area contributed by atoms with Gasteiger partial charge in [0.15, 0.2) is 6.10 Å². The smallest absolute Gasteiger partial charge is 0.264 e. The van der Waals surface area contributed by atoms with E-state index >= 15 is 0 Å². The molecular formula is C22H18F2N2O2S. The number of amides is 1. The van der Waals surface area contributed by atoms with Crippen LogP contribution < -0.4 is 0 Å². The van der Waals surface area contributed by atoms with Gasteiger partial charge in [-0.05, 0) is 35.2 Å². The third-order valence-electron chi connectivity index (χ3n) is 4.67. The highest BCUT2D eigenvalue weighted by atomic mass is 32.1. The molecule has 0 saturated carbocycles. The first-order valence-electron chi connectivity index (χ1n) is 9.15. The molecule has 0 fully saturated rings. The molecule has 1 aliphatic heterocycles. The number of oxime groups is 1. The molecule has 2 aromatic carbocycles. The van der Waals surface area contributed by atoms with Crippen LogP contribution >= 0.6 is 11.3 Å². The molecule has 1 amide bonds. The topological polar surface area (TPSA) is 41.9 Å². The first-order valence-corrected chi connectivity index (χ1v) is 10.0. The summed E-state index contributed by atoms with van der Waals surface area (Å²) in [7, 11) is 0. The van der Waals surface area contributed by atoms with E-state index in [1.54, 1.807) is 47.4 Å². The first-order chi connectivity index (χ1) is 14.1. The minimum atomic E-state index is -0.356. The predicted octanol–water partition coefficient (Wildman–Crippen LogP) is 4.86. The lowest BCUT2D eigenvalue weighted by Gasteiger charge is -2.24. The van der Waals surface area contributed by atoms with E-state index in [1.165, 1.54) is 29.5 Å². The number of carbonyl (C=O) groups is 1. The number of halogens is 2. The van der Waals surface area contributed by atoms with Crippen molar-refractivity contribution < 1.29 is 18.4 Å². The van der Waals surface area contributed by atoms with Gasteiger partial charge in [-0.25, -0.2) is 8.78 Å². The number of carbonyl (C=O) groups excluding carboxylic acids is 1. The Morgan fingerprint density at radius 1 is 1.10 bits per heavy atom. The lowest BCUT2D eigenvalue weighted by atomic mass is 10.0. The van der Waals surface area contributed by atoms with Crippen LogP contribution in [-0.4, -0.2) is 29.2 Å². The molecule has 0 unspecified atom stereocenters. The van der Waals surface area contributed by atoms with Crippen LogP contribution in [0.5, 0.6) is 0 Å². The Bertz CT molecular complexity index is 1020. The summed E-state index contributed by atoms with van der Waals surface area (Å²) in [5.41, 5.74) is 1.92. The maximum Gasteiger partial charge on any atom is 0.264 e. The van der Waals surface area contributed by atoms with E-state index in [0.29, 0.717) is 22.6 Å². The molecule has 4 rings (SSSR count). The van der Waals surface area contributed by atoms with Gasteiger partial charge >= 0.3 is 0 Å². The second-order valence-corrected chi connectivity index (χ2v) is 7.68. The van der Waals surface area contributed by atoms with Crippen LogP contribution in [0, 0.1) is 11.6 Å². The van der Waals surface area contributed by atoms with Crippen LogP contribution in [-0.2, 0) is 11.4 Å². The Balaban J connectivity index is 1.49. The molecule has 7 heteroatoms. The minimum Gasteiger partial charge on any atom is -0.390 e. The van der Waals surface area contributed by atoms with Crippen molar-refractivity contribution in [1.29, 1.82) is 0 Å². The monoisotopic (exact) mass is 412 g/mol. The van der Waals surface area contributed by atoms with E-state index in [4.69, 9.17) is 4.84 Å². The van der Waals surface area contributed by atoms with Crippen LogP contribution in [0.3, 0.4) is 0 Å². The molecule has 29 heavy (non-hydrogen) atoms. The summed E-state index contributed by atoms with van der Waals surface area (Å²) < 4.78 is 27.3. The van der Waals surface area contributed by atoms with Crippen molar-refractivity contribution in [2.24, 2.45) is 5.16 Å². The standard InChI is InChI=1S/C22H18F2N2O2S/c23-17-9-7-15(8-10-17)20-12-18(28-25-20)14-26(22(27)21-6-3-11-29-21)13-16-4-1-2-5-19(16)24/h1-11,18H,12-14H2/t18-/m0/s1. The molecule has 1 aromatic heterocycles. The van der Waals surface area contributed by atoms with Crippen LogP contribution in [0.2, 0.25) is 0 Å². The SMILES string of the molecule is O=C(c1cccs1)N(Cc1ccccc1F)C[C@@H]1CC(c2ccc(F)cc2)=NO1. The molecule has 0 radical (unpaired) electrons. The molecule has 1 aliphatic rings. The van der Waals surface area contributed by atoms with E-state index in [2.05, 4.69) is 5.16 Å². The number of rotatable bonds is 6. The van der Waals surface area contributed by atoms with Crippen LogP contribution in [0.1, 0.15) is 27.2 Å². The molecule has 0 aliphatic carbocycles. The molecule has 0 saturated heterocycles. The van der Waals surface area contributed by atoms with Gasteiger partial charge in [0.1, 0.15) is 11.6 Å². The van der Waals surface area contributed by atoms with Gasteiger partial charge in [-0.15, -0.1) is 11.3 Å². The maximum atomic E-state index is 14.2. The highest BCUT2D eigenvalue weighted by Gasteiger charge is 2.28. The molecule has 1 atom stereocenters.